The minimum absolute atomic E-state index is 0.109. The maximum Gasteiger partial charge on any atom is 0.306 e. The molecule has 3 rings (SSSR count). The predicted octanol–water partition coefficient (Wildman–Crippen LogP) is 3.97. The second-order valence-electron chi connectivity index (χ2n) is 6.93. The number of esters is 1. The van der Waals surface area contributed by atoms with E-state index in [1.165, 1.54) is 11.1 Å². The average Bonchev–Trinajstić information content (AvgIpc) is 3.08. The third-order valence-electron chi connectivity index (χ3n) is 4.89. The molecule has 0 radical (unpaired) electrons. The van der Waals surface area contributed by atoms with Crippen molar-refractivity contribution in [2.45, 2.75) is 38.5 Å². The van der Waals surface area contributed by atoms with Crippen LogP contribution >= 0.6 is 22.6 Å². The van der Waals surface area contributed by atoms with Crippen molar-refractivity contribution < 1.29 is 14.3 Å². The number of halogens is 1. The minimum Gasteiger partial charge on any atom is -0.494 e. The van der Waals surface area contributed by atoms with Gasteiger partial charge in [0.1, 0.15) is 5.75 Å². The first-order valence-electron chi connectivity index (χ1n) is 9.66. The van der Waals surface area contributed by atoms with Gasteiger partial charge < -0.3 is 14.4 Å². The summed E-state index contributed by atoms with van der Waals surface area (Å²) in [7, 11) is 1.99. The van der Waals surface area contributed by atoms with Crippen molar-refractivity contribution in [1.29, 1.82) is 0 Å². The third kappa shape index (κ3) is 5.56. The number of carbonyl (C=O) groups is 1. The van der Waals surface area contributed by atoms with Crippen LogP contribution in [-0.2, 0) is 16.0 Å². The van der Waals surface area contributed by atoms with Gasteiger partial charge in [0, 0.05) is 29.6 Å². The lowest BCUT2D eigenvalue weighted by molar-refractivity contribution is -0.143. The van der Waals surface area contributed by atoms with Crippen LogP contribution in [0.5, 0.6) is 5.75 Å². The molecule has 150 valence electrons. The molecule has 1 atom stereocenters. The lowest BCUT2D eigenvalue weighted by atomic mass is 9.98. The molecule has 0 spiro atoms. The molecule has 1 aliphatic rings. The van der Waals surface area contributed by atoms with Crippen LogP contribution in [-0.4, -0.2) is 42.7 Å². The summed E-state index contributed by atoms with van der Waals surface area (Å²) in [6, 6.07) is 6.23. The third-order valence-corrected chi connectivity index (χ3v) is 5.45. The van der Waals surface area contributed by atoms with Crippen LogP contribution in [0.15, 0.2) is 30.6 Å². The van der Waals surface area contributed by atoms with Crippen LogP contribution in [0.3, 0.4) is 0 Å². The molecule has 0 aliphatic heterocycles. The molecule has 28 heavy (non-hydrogen) atoms. The van der Waals surface area contributed by atoms with Gasteiger partial charge in [0.15, 0.2) is 0 Å². The van der Waals surface area contributed by atoms with E-state index in [9.17, 15) is 4.79 Å². The summed E-state index contributed by atoms with van der Waals surface area (Å²) < 4.78 is 12.0. The van der Waals surface area contributed by atoms with Crippen molar-refractivity contribution in [3.05, 3.63) is 45.3 Å². The summed E-state index contributed by atoms with van der Waals surface area (Å²) in [6.07, 6.45) is 6.97. The Morgan fingerprint density at radius 1 is 1.32 bits per heavy atom. The second-order valence-corrected chi connectivity index (χ2v) is 8.18. The van der Waals surface area contributed by atoms with E-state index in [1.54, 1.807) is 0 Å². The van der Waals surface area contributed by atoms with Gasteiger partial charge in [0.05, 0.1) is 19.6 Å². The van der Waals surface area contributed by atoms with E-state index in [0.717, 1.165) is 41.1 Å². The summed E-state index contributed by atoms with van der Waals surface area (Å²) in [5.41, 5.74) is 2.55. The number of nitrogens with zero attached hydrogens (tertiary/aromatic N) is 3. The van der Waals surface area contributed by atoms with E-state index >= 15 is 0 Å². The molecule has 1 aromatic heterocycles. The van der Waals surface area contributed by atoms with Gasteiger partial charge in [-0.2, -0.15) is 0 Å². The molecule has 2 aromatic rings. The van der Waals surface area contributed by atoms with E-state index in [4.69, 9.17) is 9.47 Å². The maximum absolute atomic E-state index is 11.8. The predicted molar refractivity (Wildman–Crippen MR) is 117 cm³/mol. The molecule has 1 aromatic carbocycles. The van der Waals surface area contributed by atoms with Gasteiger partial charge in [-0.15, -0.1) is 0 Å². The van der Waals surface area contributed by atoms with Crippen LogP contribution in [0, 0.1) is 3.57 Å². The number of rotatable bonds is 9. The largest absolute Gasteiger partial charge is 0.494 e. The van der Waals surface area contributed by atoms with E-state index in [-0.39, 0.29) is 11.9 Å². The highest BCUT2D eigenvalue weighted by atomic mass is 127. The highest BCUT2D eigenvalue weighted by Gasteiger charge is 2.25. The normalized spacial score (nSPS) is 15.2. The highest BCUT2D eigenvalue weighted by molar-refractivity contribution is 14.1. The van der Waals surface area contributed by atoms with Crippen molar-refractivity contribution in [2.24, 2.45) is 0 Å². The molecule has 0 saturated heterocycles. The van der Waals surface area contributed by atoms with Gasteiger partial charge in [-0.3, -0.25) is 4.79 Å². The first-order chi connectivity index (χ1) is 13.6. The fourth-order valence-electron chi connectivity index (χ4n) is 3.50. The van der Waals surface area contributed by atoms with Gasteiger partial charge in [0.25, 0.3) is 0 Å². The molecule has 6 nitrogen and oxygen atoms in total. The molecule has 0 fully saturated rings. The minimum atomic E-state index is -0.109. The number of ether oxygens (including phenoxy) is 2. The second kappa shape index (κ2) is 10.0. The molecule has 0 N–H and O–H groups in total. The monoisotopic (exact) mass is 495 g/mol. The van der Waals surface area contributed by atoms with E-state index in [0.29, 0.717) is 19.6 Å². The Labute approximate surface area is 179 Å². The van der Waals surface area contributed by atoms with Gasteiger partial charge in [0.2, 0.25) is 5.95 Å². The molecule has 0 unspecified atom stereocenters. The first-order valence-corrected chi connectivity index (χ1v) is 10.7. The van der Waals surface area contributed by atoms with Crippen LogP contribution in [0.1, 0.15) is 43.2 Å². The lowest BCUT2D eigenvalue weighted by Crippen LogP contribution is -2.22. The molecular weight excluding hydrogens is 469 g/mol. The summed E-state index contributed by atoms with van der Waals surface area (Å²) in [5.74, 6) is 1.78. The molecule has 0 saturated carbocycles. The Balaban J connectivity index is 1.46. The highest BCUT2D eigenvalue weighted by Crippen LogP contribution is 2.37. The Morgan fingerprint density at radius 3 is 2.86 bits per heavy atom. The van der Waals surface area contributed by atoms with Gasteiger partial charge >= 0.3 is 5.97 Å². The smallest absolute Gasteiger partial charge is 0.306 e. The zero-order valence-corrected chi connectivity index (χ0v) is 18.5. The Kier molecular flexibility index (Phi) is 7.47. The molecule has 0 bridgehead atoms. The van der Waals surface area contributed by atoms with Crippen molar-refractivity contribution in [3.8, 4) is 5.75 Å². The average molecular weight is 495 g/mol. The summed E-state index contributed by atoms with van der Waals surface area (Å²) in [6.45, 7) is 3.75. The van der Waals surface area contributed by atoms with Crippen LogP contribution in [0.4, 0.5) is 5.95 Å². The zero-order chi connectivity index (χ0) is 19.9. The van der Waals surface area contributed by atoms with Crippen LogP contribution < -0.4 is 9.64 Å². The summed E-state index contributed by atoms with van der Waals surface area (Å²) in [4.78, 5) is 22.4. The number of benzene rings is 1. The maximum atomic E-state index is 11.8. The van der Waals surface area contributed by atoms with E-state index in [1.807, 2.05) is 37.3 Å². The standard InChI is InChI=1S/C21H26IN3O3/c1-3-27-20(26)12-16-6-5-15-11-18(7-8-19(15)16)28-10-4-9-25(2)21-23-13-17(22)14-24-21/h7-8,11,13-14,16H,3-6,9-10,12H2,1-2H3/t16-/m0/s1. The number of anilines is 1. The Bertz CT molecular complexity index is 798. The van der Waals surface area contributed by atoms with Crippen molar-refractivity contribution >= 4 is 34.5 Å². The number of hydrogen-bond donors (Lipinski definition) is 0. The topological polar surface area (TPSA) is 64.6 Å². The van der Waals surface area contributed by atoms with Gasteiger partial charge in [-0.1, -0.05) is 6.07 Å². The van der Waals surface area contributed by atoms with Crippen LogP contribution in [0.2, 0.25) is 0 Å². The summed E-state index contributed by atoms with van der Waals surface area (Å²) >= 11 is 2.20. The fourth-order valence-corrected chi connectivity index (χ4v) is 3.78. The Hall–Kier alpha value is -1.90. The number of carbonyl (C=O) groups excluding carboxylic acids is 1. The lowest BCUT2D eigenvalue weighted by Gasteiger charge is -2.17. The number of hydrogen-bond acceptors (Lipinski definition) is 6. The van der Waals surface area contributed by atoms with Crippen LogP contribution in [0.25, 0.3) is 0 Å². The molecular formula is C21H26IN3O3. The van der Waals surface area contributed by atoms with Gasteiger partial charge in [-0.25, -0.2) is 9.97 Å². The molecule has 1 heterocycles. The first kappa shape index (κ1) is 20.8. The van der Waals surface area contributed by atoms with E-state index < -0.39 is 0 Å². The molecule has 7 heteroatoms. The van der Waals surface area contributed by atoms with E-state index in [2.05, 4.69) is 44.7 Å². The van der Waals surface area contributed by atoms with Crippen molar-refractivity contribution in [1.82, 2.24) is 9.97 Å². The molecule has 1 aliphatic carbocycles. The zero-order valence-electron chi connectivity index (χ0n) is 16.4. The van der Waals surface area contributed by atoms with Gasteiger partial charge in [-0.05, 0) is 78.0 Å². The molecule has 0 amide bonds. The fraction of sp³-hybridized carbons (Fsp3) is 0.476. The number of aromatic nitrogens is 2. The van der Waals surface area contributed by atoms with Crippen molar-refractivity contribution in [2.75, 3.05) is 31.7 Å². The van der Waals surface area contributed by atoms with Crippen molar-refractivity contribution in [3.63, 3.8) is 0 Å². The SMILES string of the molecule is CCOC(=O)C[C@@H]1CCc2cc(OCCCN(C)c3ncc(I)cn3)ccc21. The summed E-state index contributed by atoms with van der Waals surface area (Å²) in [5, 5.41) is 0. The quantitative estimate of drug-likeness (QED) is 0.298. The number of fused-ring (bicyclic) bond motifs is 1. The number of aryl methyl sites for hydroxylation is 1. The Morgan fingerprint density at radius 2 is 2.11 bits per heavy atom.